The lowest BCUT2D eigenvalue weighted by molar-refractivity contribution is -0.566. The van der Waals surface area contributed by atoms with Gasteiger partial charge in [0, 0.05) is 13.8 Å². The molecule has 17 heteroatoms. The monoisotopic (exact) mass is 444 g/mol. The zero-order valence-electron chi connectivity index (χ0n) is 13.6. The molecule has 0 heterocycles. The first-order chi connectivity index (χ1) is 12.2. The molecule has 166 valence electrons. The lowest BCUT2D eigenvalue weighted by atomic mass is 10.5. The molecule has 28 heavy (non-hydrogen) atoms. The normalized spacial score (nSPS) is 14.0. The maximum atomic E-state index is 13.1. The topological polar surface area (TPSA) is 80.3 Å². The van der Waals surface area contributed by atoms with Gasteiger partial charge in [-0.15, -0.1) is 8.78 Å². The molecule has 0 aromatic rings. The van der Waals surface area contributed by atoms with E-state index >= 15 is 0 Å². The average Bonchev–Trinajstić information content (AvgIpc) is 2.39. The Morgan fingerprint density at radius 3 is 1.29 bits per heavy atom. The zero-order chi connectivity index (χ0) is 22.6. The van der Waals surface area contributed by atoms with Crippen molar-refractivity contribution in [3.05, 3.63) is 0 Å². The second kappa shape index (κ2) is 8.64. The van der Waals surface area contributed by atoms with Gasteiger partial charge in [-0.3, -0.25) is 9.59 Å². The first-order valence-corrected chi connectivity index (χ1v) is 6.47. The molecule has 0 spiro atoms. The molecule has 0 aromatic carbocycles. The minimum absolute atomic E-state index is 0.528. The highest BCUT2D eigenvalue weighted by Gasteiger charge is 2.69. The van der Waals surface area contributed by atoms with Crippen LogP contribution in [0.25, 0.3) is 0 Å². The summed E-state index contributed by atoms with van der Waals surface area (Å²) in [7, 11) is 0. The van der Waals surface area contributed by atoms with Gasteiger partial charge in [0.05, 0.1) is 0 Å². The van der Waals surface area contributed by atoms with Gasteiger partial charge >= 0.3 is 42.7 Å². The second-order valence-electron chi connectivity index (χ2n) is 4.64. The molecule has 0 amide bonds. The molecule has 0 saturated carbocycles. The lowest BCUT2D eigenvalue weighted by Crippen LogP contribution is -2.54. The van der Waals surface area contributed by atoms with Crippen LogP contribution in [0.3, 0.4) is 0 Å². The van der Waals surface area contributed by atoms with Crippen molar-refractivity contribution in [3.8, 4) is 0 Å². The van der Waals surface area contributed by atoms with E-state index in [9.17, 15) is 53.5 Å². The molecule has 0 aromatic heterocycles. The molecule has 0 N–H and O–H groups in total. The molecular weight excluding hydrogens is 434 g/mol. The van der Waals surface area contributed by atoms with E-state index in [0.29, 0.717) is 13.8 Å². The Morgan fingerprint density at radius 2 is 0.929 bits per heavy atom. The summed E-state index contributed by atoms with van der Waals surface area (Å²) in [5, 5.41) is 0. The summed E-state index contributed by atoms with van der Waals surface area (Å²) in [5.74, 6) is -2.91. The second-order valence-corrected chi connectivity index (χ2v) is 4.64. The van der Waals surface area contributed by atoms with Crippen LogP contribution in [0.15, 0.2) is 0 Å². The predicted molar refractivity (Wildman–Crippen MR) is 61.3 cm³/mol. The minimum Gasteiger partial charge on any atom is -0.457 e. The number of esters is 2. The Morgan fingerprint density at radius 1 is 0.607 bits per heavy atom. The van der Waals surface area contributed by atoms with Crippen LogP contribution in [0.2, 0.25) is 0 Å². The van der Waals surface area contributed by atoms with Gasteiger partial charge in [-0.2, -0.15) is 35.1 Å². The average molecular weight is 444 g/mol. The Labute approximate surface area is 148 Å². The highest BCUT2D eigenvalue weighted by Crippen LogP contribution is 2.44. The van der Waals surface area contributed by atoms with Gasteiger partial charge < -0.3 is 9.47 Å². The third kappa shape index (κ3) is 9.36. The van der Waals surface area contributed by atoms with Crippen LogP contribution < -0.4 is 0 Å². The van der Waals surface area contributed by atoms with Gasteiger partial charge in [0.25, 0.3) is 0 Å². The summed E-state index contributed by atoms with van der Waals surface area (Å²) in [4.78, 5) is 20.6. The smallest absolute Gasteiger partial charge is 0.457 e. The molecule has 0 saturated heterocycles. The van der Waals surface area contributed by atoms with Crippen LogP contribution in [0.4, 0.5) is 43.9 Å². The highest BCUT2D eigenvalue weighted by atomic mass is 19.3. The summed E-state index contributed by atoms with van der Waals surface area (Å²) in [6.45, 7) is -3.49. The quantitative estimate of drug-likeness (QED) is 0.275. The standard InChI is InChI=1S/C11H10F10O7/c1-5(22)24-3-7(12,13)26-9(16,17)10(18,19)28-11(20,21)27-8(14,15)4-25-6(2)23/h3-4H2,1-2H3. The number of hydrogen-bond donors (Lipinski definition) is 0. The summed E-state index contributed by atoms with van der Waals surface area (Å²) in [6, 6.07) is 0. The zero-order valence-corrected chi connectivity index (χ0v) is 13.6. The summed E-state index contributed by atoms with van der Waals surface area (Å²) in [6.07, 6.45) is -29.9. The van der Waals surface area contributed by atoms with Gasteiger partial charge in [0.2, 0.25) is 0 Å². The van der Waals surface area contributed by atoms with Crippen LogP contribution in [0.1, 0.15) is 13.8 Å². The number of ether oxygens (including phenoxy) is 5. The maximum Gasteiger partial charge on any atom is 0.495 e. The summed E-state index contributed by atoms with van der Waals surface area (Å²) < 4.78 is 144. The molecule has 0 aliphatic rings. The maximum absolute atomic E-state index is 13.1. The Balaban J connectivity index is 5.18. The van der Waals surface area contributed by atoms with Crippen LogP contribution in [0, 0.1) is 0 Å². The molecule has 0 rings (SSSR count). The Hall–Kier alpha value is -1.88. The van der Waals surface area contributed by atoms with Crippen LogP contribution in [0.5, 0.6) is 0 Å². The SMILES string of the molecule is CC(=O)OCC(F)(F)OC(F)(F)OC(F)(F)C(F)(F)OC(F)(F)COC(C)=O. The molecule has 0 radical (unpaired) electrons. The number of halogens is 10. The van der Waals surface area contributed by atoms with Crippen molar-refractivity contribution >= 4 is 11.9 Å². The van der Waals surface area contributed by atoms with Crippen molar-refractivity contribution in [2.75, 3.05) is 13.2 Å². The van der Waals surface area contributed by atoms with Crippen molar-refractivity contribution in [2.24, 2.45) is 0 Å². The molecule has 0 fully saturated rings. The van der Waals surface area contributed by atoms with E-state index in [4.69, 9.17) is 0 Å². The number of carbonyl (C=O) groups excluding carboxylic acids is 2. The van der Waals surface area contributed by atoms with Gasteiger partial charge in [0.1, 0.15) is 0 Å². The fourth-order valence-electron chi connectivity index (χ4n) is 1.08. The Kier molecular flexibility index (Phi) is 8.06. The molecule has 0 aliphatic heterocycles. The van der Waals surface area contributed by atoms with E-state index in [1.165, 1.54) is 0 Å². The summed E-state index contributed by atoms with van der Waals surface area (Å²) in [5.41, 5.74) is 0. The van der Waals surface area contributed by atoms with Crippen molar-refractivity contribution in [3.63, 3.8) is 0 Å². The van der Waals surface area contributed by atoms with Gasteiger partial charge in [-0.25, -0.2) is 14.2 Å². The van der Waals surface area contributed by atoms with E-state index in [-0.39, 0.29) is 0 Å². The molecule has 0 unspecified atom stereocenters. The van der Waals surface area contributed by atoms with E-state index < -0.39 is 55.9 Å². The number of rotatable bonds is 11. The van der Waals surface area contributed by atoms with E-state index in [0.717, 1.165) is 0 Å². The summed E-state index contributed by atoms with van der Waals surface area (Å²) >= 11 is 0. The Bertz CT molecular complexity index is 566. The van der Waals surface area contributed by atoms with E-state index in [2.05, 4.69) is 23.7 Å². The van der Waals surface area contributed by atoms with Gasteiger partial charge in [0.15, 0.2) is 13.2 Å². The number of hydrogen-bond acceptors (Lipinski definition) is 7. The first kappa shape index (κ1) is 26.1. The van der Waals surface area contributed by atoms with Crippen molar-refractivity contribution in [1.82, 2.24) is 0 Å². The fraction of sp³-hybridized carbons (Fsp3) is 0.818. The van der Waals surface area contributed by atoms with Crippen molar-refractivity contribution in [1.29, 1.82) is 0 Å². The first-order valence-electron chi connectivity index (χ1n) is 6.47. The largest absolute Gasteiger partial charge is 0.495 e. The van der Waals surface area contributed by atoms with E-state index in [1.54, 1.807) is 0 Å². The molecule has 0 atom stereocenters. The van der Waals surface area contributed by atoms with Crippen molar-refractivity contribution < 1.29 is 77.2 Å². The van der Waals surface area contributed by atoms with Crippen LogP contribution in [-0.4, -0.2) is 55.9 Å². The molecular formula is C11H10F10O7. The number of alkyl halides is 10. The molecule has 0 bridgehead atoms. The minimum atomic E-state index is -6.66. The van der Waals surface area contributed by atoms with E-state index in [1.807, 2.05) is 0 Å². The fourth-order valence-corrected chi connectivity index (χ4v) is 1.08. The molecule has 7 nitrogen and oxygen atoms in total. The van der Waals surface area contributed by atoms with Gasteiger partial charge in [-0.05, 0) is 0 Å². The predicted octanol–water partition coefficient (Wildman–Crippen LogP) is 3.08. The third-order valence-electron chi connectivity index (χ3n) is 2.02. The third-order valence-corrected chi connectivity index (χ3v) is 2.02. The van der Waals surface area contributed by atoms with Gasteiger partial charge in [-0.1, -0.05) is 0 Å². The van der Waals surface area contributed by atoms with Crippen LogP contribution >= 0.6 is 0 Å². The highest BCUT2D eigenvalue weighted by molar-refractivity contribution is 5.66. The lowest BCUT2D eigenvalue weighted by Gasteiger charge is -2.31. The van der Waals surface area contributed by atoms with Crippen LogP contribution in [-0.2, 0) is 33.3 Å². The molecule has 0 aliphatic carbocycles. The van der Waals surface area contributed by atoms with Crippen molar-refractivity contribution in [2.45, 2.75) is 44.6 Å². The number of carbonyl (C=O) groups is 2.